The summed E-state index contributed by atoms with van der Waals surface area (Å²) in [6, 6.07) is 3.67. The lowest BCUT2D eigenvalue weighted by Crippen LogP contribution is -2.48. The number of amides is 1. The van der Waals surface area contributed by atoms with E-state index < -0.39 is 11.7 Å². The molecule has 0 aliphatic carbocycles. The van der Waals surface area contributed by atoms with E-state index in [1.54, 1.807) is 7.05 Å². The maximum absolute atomic E-state index is 13.0. The number of anilines is 1. The molecule has 0 saturated carbocycles. The summed E-state index contributed by atoms with van der Waals surface area (Å²) >= 11 is 0. The molecule has 110 valence electrons. The van der Waals surface area contributed by atoms with Crippen LogP contribution in [0.15, 0.2) is 18.2 Å². The monoisotopic (exact) mass is 287 g/mol. The first-order valence-electron chi connectivity index (χ1n) is 6.19. The van der Waals surface area contributed by atoms with Gasteiger partial charge >= 0.3 is 6.18 Å². The minimum absolute atomic E-state index is 0.0399. The van der Waals surface area contributed by atoms with Gasteiger partial charge in [-0.2, -0.15) is 13.2 Å². The zero-order valence-electron chi connectivity index (χ0n) is 11.1. The zero-order valence-corrected chi connectivity index (χ0v) is 11.1. The number of nitrogens with two attached hydrogens (primary N) is 1. The summed E-state index contributed by atoms with van der Waals surface area (Å²) in [6.07, 6.45) is -4.47. The first kappa shape index (κ1) is 14.6. The minimum Gasteiger partial charge on any atom is -0.399 e. The highest BCUT2D eigenvalue weighted by Gasteiger charge is 2.34. The van der Waals surface area contributed by atoms with E-state index in [9.17, 15) is 18.0 Å². The number of rotatable bonds is 2. The van der Waals surface area contributed by atoms with E-state index in [1.807, 2.05) is 4.90 Å². The molecular weight excluding hydrogens is 271 g/mol. The lowest BCUT2D eigenvalue weighted by Gasteiger charge is -2.32. The van der Waals surface area contributed by atoms with Crippen LogP contribution in [-0.2, 0) is 17.5 Å². The molecule has 0 radical (unpaired) electrons. The summed E-state index contributed by atoms with van der Waals surface area (Å²) in [5, 5.41) is 0. The molecule has 7 heteroatoms. The van der Waals surface area contributed by atoms with E-state index in [1.165, 1.54) is 17.0 Å². The number of alkyl halides is 3. The molecule has 4 nitrogen and oxygen atoms in total. The van der Waals surface area contributed by atoms with Gasteiger partial charge in [-0.05, 0) is 24.7 Å². The Morgan fingerprint density at radius 2 is 2.00 bits per heavy atom. The Balaban J connectivity index is 2.23. The van der Waals surface area contributed by atoms with Crippen molar-refractivity contribution in [3.63, 3.8) is 0 Å². The lowest BCUT2D eigenvalue weighted by molar-refractivity contribution is -0.141. The number of piperazine rings is 1. The fraction of sp³-hybridized carbons (Fsp3) is 0.462. The van der Waals surface area contributed by atoms with Crippen LogP contribution >= 0.6 is 0 Å². The number of hydrogen-bond acceptors (Lipinski definition) is 3. The van der Waals surface area contributed by atoms with Crippen LogP contribution in [0.1, 0.15) is 11.1 Å². The highest BCUT2D eigenvalue weighted by Crippen LogP contribution is 2.34. The summed E-state index contributed by atoms with van der Waals surface area (Å²) in [7, 11) is 1.81. The molecule has 0 aromatic heterocycles. The molecule has 1 amide bonds. The third-order valence-corrected chi connectivity index (χ3v) is 3.31. The van der Waals surface area contributed by atoms with E-state index in [0.717, 1.165) is 6.07 Å². The number of benzene rings is 1. The zero-order chi connectivity index (χ0) is 14.9. The quantitative estimate of drug-likeness (QED) is 0.840. The molecule has 20 heavy (non-hydrogen) atoms. The van der Waals surface area contributed by atoms with Crippen LogP contribution in [-0.4, -0.2) is 42.4 Å². The number of carbonyl (C=O) groups is 1. The highest BCUT2D eigenvalue weighted by molar-refractivity contribution is 5.79. The SMILES string of the molecule is CN1CCN(Cc2ccc(N)cc2C(F)(F)F)C(=O)C1. The number of nitrogen functional groups attached to an aromatic ring is 1. The van der Waals surface area contributed by atoms with Crippen LogP contribution in [0.5, 0.6) is 0 Å². The Labute approximate surface area is 114 Å². The Morgan fingerprint density at radius 3 is 2.60 bits per heavy atom. The van der Waals surface area contributed by atoms with Crippen LogP contribution in [0, 0.1) is 0 Å². The molecule has 1 fully saturated rings. The van der Waals surface area contributed by atoms with E-state index in [4.69, 9.17) is 5.73 Å². The van der Waals surface area contributed by atoms with Gasteiger partial charge in [-0.25, -0.2) is 0 Å². The molecule has 1 heterocycles. The van der Waals surface area contributed by atoms with Gasteiger partial charge in [0.05, 0.1) is 12.1 Å². The van der Waals surface area contributed by atoms with Crippen molar-refractivity contribution in [2.45, 2.75) is 12.7 Å². The maximum atomic E-state index is 13.0. The highest BCUT2D eigenvalue weighted by atomic mass is 19.4. The van der Waals surface area contributed by atoms with Crippen LogP contribution in [0.2, 0.25) is 0 Å². The van der Waals surface area contributed by atoms with Gasteiger partial charge in [-0.15, -0.1) is 0 Å². The molecule has 1 aromatic rings. The first-order valence-corrected chi connectivity index (χ1v) is 6.19. The van der Waals surface area contributed by atoms with Gasteiger partial charge < -0.3 is 10.6 Å². The normalized spacial score (nSPS) is 17.6. The topological polar surface area (TPSA) is 49.6 Å². The van der Waals surface area contributed by atoms with Crippen LogP contribution in [0.25, 0.3) is 0 Å². The van der Waals surface area contributed by atoms with Crippen molar-refractivity contribution in [2.24, 2.45) is 0 Å². The molecule has 1 aliphatic rings. The number of carbonyl (C=O) groups excluding carboxylic acids is 1. The molecule has 0 unspecified atom stereocenters. The van der Waals surface area contributed by atoms with Gasteiger partial charge in [0.1, 0.15) is 0 Å². The number of nitrogens with zero attached hydrogens (tertiary/aromatic N) is 2. The number of hydrogen-bond donors (Lipinski definition) is 1. The van der Waals surface area contributed by atoms with Crippen molar-refractivity contribution >= 4 is 11.6 Å². The predicted octanol–water partition coefficient (Wildman–Crippen LogP) is 1.56. The van der Waals surface area contributed by atoms with Crippen molar-refractivity contribution < 1.29 is 18.0 Å². The van der Waals surface area contributed by atoms with E-state index in [0.29, 0.717) is 13.1 Å². The van der Waals surface area contributed by atoms with Crippen molar-refractivity contribution in [3.05, 3.63) is 29.3 Å². The molecule has 0 atom stereocenters. The van der Waals surface area contributed by atoms with Gasteiger partial charge in [-0.3, -0.25) is 9.69 Å². The average molecular weight is 287 g/mol. The third-order valence-electron chi connectivity index (χ3n) is 3.31. The van der Waals surface area contributed by atoms with Crippen molar-refractivity contribution in [3.8, 4) is 0 Å². The Hall–Kier alpha value is -1.76. The Morgan fingerprint density at radius 1 is 1.30 bits per heavy atom. The fourth-order valence-electron chi connectivity index (χ4n) is 2.19. The fourth-order valence-corrected chi connectivity index (χ4v) is 2.19. The largest absolute Gasteiger partial charge is 0.416 e. The van der Waals surface area contributed by atoms with Gasteiger partial charge in [-0.1, -0.05) is 6.07 Å². The van der Waals surface area contributed by atoms with Gasteiger partial charge in [0.25, 0.3) is 0 Å². The summed E-state index contributed by atoms with van der Waals surface area (Å²) in [4.78, 5) is 15.1. The smallest absolute Gasteiger partial charge is 0.399 e. The van der Waals surface area contributed by atoms with Crippen molar-refractivity contribution in [1.82, 2.24) is 9.80 Å². The second kappa shape index (κ2) is 5.32. The first-order chi connectivity index (χ1) is 9.27. The Bertz CT molecular complexity index is 516. The summed E-state index contributed by atoms with van der Waals surface area (Å²) < 4.78 is 38.9. The van der Waals surface area contributed by atoms with E-state index >= 15 is 0 Å². The number of halogens is 3. The van der Waals surface area contributed by atoms with Gasteiger partial charge in [0, 0.05) is 25.3 Å². The lowest BCUT2D eigenvalue weighted by atomic mass is 10.0. The molecule has 0 spiro atoms. The molecule has 1 aliphatic heterocycles. The molecule has 1 saturated heterocycles. The summed E-state index contributed by atoms with van der Waals surface area (Å²) in [5.74, 6) is -0.163. The molecule has 1 aromatic carbocycles. The molecule has 2 rings (SSSR count). The van der Waals surface area contributed by atoms with Crippen LogP contribution in [0.3, 0.4) is 0 Å². The van der Waals surface area contributed by atoms with Crippen molar-refractivity contribution in [1.29, 1.82) is 0 Å². The summed E-state index contributed by atoms with van der Waals surface area (Å²) in [6.45, 7) is 1.27. The van der Waals surface area contributed by atoms with Gasteiger partial charge in [0.15, 0.2) is 0 Å². The van der Waals surface area contributed by atoms with E-state index in [2.05, 4.69) is 0 Å². The van der Waals surface area contributed by atoms with Crippen LogP contribution < -0.4 is 5.73 Å². The average Bonchev–Trinajstić information content (AvgIpc) is 2.33. The van der Waals surface area contributed by atoms with Crippen molar-refractivity contribution in [2.75, 3.05) is 32.4 Å². The standard InChI is InChI=1S/C13H16F3N3O/c1-18-4-5-19(12(20)8-18)7-9-2-3-10(17)6-11(9)13(14,15)16/h2-3,6H,4-5,7-8,17H2,1H3. The molecule has 2 N–H and O–H groups in total. The van der Waals surface area contributed by atoms with Crippen LogP contribution in [0.4, 0.5) is 18.9 Å². The number of likely N-dealkylation sites (N-methyl/N-ethyl adjacent to an activating group) is 1. The third kappa shape index (κ3) is 3.22. The second-order valence-electron chi connectivity index (χ2n) is 4.97. The predicted molar refractivity (Wildman–Crippen MR) is 68.8 cm³/mol. The van der Waals surface area contributed by atoms with Gasteiger partial charge in [0.2, 0.25) is 5.91 Å². The second-order valence-corrected chi connectivity index (χ2v) is 4.97. The molecule has 0 bridgehead atoms. The summed E-state index contributed by atoms with van der Waals surface area (Å²) in [5.41, 5.74) is 4.78. The molecular formula is C13H16F3N3O. The minimum atomic E-state index is -4.47. The maximum Gasteiger partial charge on any atom is 0.416 e. The Kier molecular flexibility index (Phi) is 3.89. The van der Waals surface area contributed by atoms with E-state index in [-0.39, 0.29) is 30.2 Å².